The Balaban J connectivity index is 0.00000147. The van der Waals surface area contributed by atoms with E-state index in [2.05, 4.69) is 32.7 Å². The lowest BCUT2D eigenvalue weighted by Crippen LogP contribution is -2.34. The molecule has 2 aromatic heterocycles. The second kappa shape index (κ2) is 6.28. The summed E-state index contributed by atoms with van der Waals surface area (Å²) in [6.45, 7) is 0. The largest absolute Gasteiger partial charge is 0.451 e. The SMILES string of the molecule is Cl.NC1(c2noc(/C=C/c3ccc(I)o3)n2)CCCC1. The van der Waals surface area contributed by atoms with Crippen molar-refractivity contribution in [2.75, 3.05) is 0 Å². The van der Waals surface area contributed by atoms with Crippen LogP contribution in [0.25, 0.3) is 12.2 Å². The van der Waals surface area contributed by atoms with Crippen LogP contribution in [0.3, 0.4) is 0 Å². The van der Waals surface area contributed by atoms with Gasteiger partial charge in [0.05, 0.1) is 5.54 Å². The molecule has 1 aliphatic rings. The van der Waals surface area contributed by atoms with E-state index < -0.39 is 5.54 Å². The Morgan fingerprint density at radius 1 is 1.25 bits per heavy atom. The Hall–Kier alpha value is -0.860. The second-order valence-electron chi connectivity index (χ2n) is 4.79. The highest BCUT2D eigenvalue weighted by Gasteiger charge is 2.35. The normalized spacial score (nSPS) is 17.5. The molecule has 2 N–H and O–H groups in total. The fourth-order valence-corrected chi connectivity index (χ4v) is 2.74. The molecule has 108 valence electrons. The Morgan fingerprint density at radius 2 is 2.00 bits per heavy atom. The molecule has 0 aromatic carbocycles. The van der Waals surface area contributed by atoms with Crippen molar-refractivity contribution in [3.63, 3.8) is 0 Å². The summed E-state index contributed by atoms with van der Waals surface area (Å²) in [6, 6.07) is 3.78. The maximum atomic E-state index is 6.28. The number of nitrogens with zero attached hydrogens (tertiary/aromatic N) is 2. The molecule has 0 atom stereocenters. The summed E-state index contributed by atoms with van der Waals surface area (Å²) in [5.41, 5.74) is 5.87. The minimum atomic E-state index is -0.407. The Morgan fingerprint density at radius 3 is 2.65 bits per heavy atom. The van der Waals surface area contributed by atoms with Crippen molar-refractivity contribution < 1.29 is 8.94 Å². The smallest absolute Gasteiger partial charge is 0.250 e. The van der Waals surface area contributed by atoms with Gasteiger partial charge in [-0.25, -0.2) is 0 Å². The van der Waals surface area contributed by atoms with Crippen molar-refractivity contribution >= 4 is 47.1 Å². The van der Waals surface area contributed by atoms with E-state index in [-0.39, 0.29) is 12.4 Å². The number of hydrogen-bond acceptors (Lipinski definition) is 5. The van der Waals surface area contributed by atoms with Gasteiger partial charge in [0.2, 0.25) is 0 Å². The molecule has 2 aromatic rings. The third kappa shape index (κ3) is 3.24. The van der Waals surface area contributed by atoms with E-state index in [0.29, 0.717) is 11.7 Å². The number of halogens is 2. The van der Waals surface area contributed by atoms with Crippen LogP contribution in [0.1, 0.15) is 43.2 Å². The predicted octanol–water partition coefficient (Wildman–Crippen LogP) is 3.59. The topological polar surface area (TPSA) is 78.1 Å². The summed E-state index contributed by atoms with van der Waals surface area (Å²) in [5.74, 6) is 1.82. The van der Waals surface area contributed by atoms with Gasteiger partial charge in [0.15, 0.2) is 9.59 Å². The van der Waals surface area contributed by atoms with Gasteiger partial charge in [0.1, 0.15) is 5.76 Å². The predicted molar refractivity (Wildman–Crippen MR) is 86.2 cm³/mol. The monoisotopic (exact) mass is 407 g/mol. The summed E-state index contributed by atoms with van der Waals surface area (Å²) >= 11 is 2.12. The molecule has 1 fully saturated rings. The highest BCUT2D eigenvalue weighted by Crippen LogP contribution is 2.34. The van der Waals surface area contributed by atoms with Crippen LogP contribution in [0.4, 0.5) is 0 Å². The van der Waals surface area contributed by atoms with Crippen LogP contribution in [0, 0.1) is 3.77 Å². The molecule has 0 aliphatic heterocycles. The maximum absolute atomic E-state index is 6.28. The molecule has 20 heavy (non-hydrogen) atoms. The average Bonchev–Trinajstić information content (AvgIpc) is 3.08. The van der Waals surface area contributed by atoms with E-state index in [1.165, 1.54) is 0 Å². The summed E-state index contributed by atoms with van der Waals surface area (Å²) in [4.78, 5) is 4.35. The summed E-state index contributed by atoms with van der Waals surface area (Å²) < 4.78 is 11.5. The van der Waals surface area contributed by atoms with Gasteiger partial charge in [0, 0.05) is 6.08 Å². The quantitative estimate of drug-likeness (QED) is 0.787. The van der Waals surface area contributed by atoms with E-state index in [0.717, 1.165) is 35.2 Å². The minimum Gasteiger partial charge on any atom is -0.451 e. The van der Waals surface area contributed by atoms with E-state index in [1.54, 1.807) is 12.2 Å². The first-order valence-corrected chi connectivity index (χ1v) is 7.30. The molecule has 2 heterocycles. The molecular formula is C13H15ClIN3O2. The molecule has 0 amide bonds. The van der Waals surface area contributed by atoms with Crippen LogP contribution in [0.2, 0.25) is 0 Å². The van der Waals surface area contributed by atoms with Gasteiger partial charge >= 0.3 is 0 Å². The van der Waals surface area contributed by atoms with Gasteiger partial charge in [-0.3, -0.25) is 0 Å². The van der Waals surface area contributed by atoms with Crippen LogP contribution in [-0.4, -0.2) is 10.1 Å². The maximum Gasteiger partial charge on any atom is 0.250 e. The third-order valence-corrected chi connectivity index (χ3v) is 3.95. The van der Waals surface area contributed by atoms with Crippen molar-refractivity contribution in [3.8, 4) is 0 Å². The van der Waals surface area contributed by atoms with Crippen LogP contribution >= 0.6 is 35.0 Å². The molecule has 7 heteroatoms. The summed E-state index contributed by atoms with van der Waals surface area (Å²) in [5, 5.41) is 3.99. The molecule has 1 saturated carbocycles. The average molecular weight is 408 g/mol. The lowest BCUT2D eigenvalue weighted by atomic mass is 9.99. The van der Waals surface area contributed by atoms with Crippen LogP contribution < -0.4 is 5.73 Å². The number of furan rings is 1. The Bertz CT molecular complexity index is 602. The van der Waals surface area contributed by atoms with Gasteiger partial charge < -0.3 is 14.7 Å². The molecule has 0 spiro atoms. The number of hydrogen-bond donors (Lipinski definition) is 1. The van der Waals surface area contributed by atoms with Crippen LogP contribution in [0.15, 0.2) is 21.1 Å². The molecule has 0 saturated heterocycles. The zero-order valence-electron chi connectivity index (χ0n) is 10.7. The zero-order valence-corrected chi connectivity index (χ0v) is 13.7. The highest BCUT2D eigenvalue weighted by molar-refractivity contribution is 14.1. The van der Waals surface area contributed by atoms with Gasteiger partial charge in [-0.2, -0.15) is 4.98 Å². The Labute approximate surface area is 136 Å². The number of nitrogens with two attached hydrogens (primary N) is 1. The molecule has 3 rings (SSSR count). The second-order valence-corrected chi connectivity index (χ2v) is 5.86. The third-order valence-electron chi connectivity index (χ3n) is 3.37. The summed E-state index contributed by atoms with van der Waals surface area (Å²) in [7, 11) is 0. The zero-order chi connectivity index (χ0) is 13.3. The van der Waals surface area contributed by atoms with Gasteiger partial charge in [-0.15, -0.1) is 12.4 Å². The van der Waals surface area contributed by atoms with Gasteiger partial charge in [0.25, 0.3) is 5.89 Å². The molecule has 5 nitrogen and oxygen atoms in total. The van der Waals surface area contributed by atoms with Crippen molar-refractivity contribution in [3.05, 3.63) is 33.4 Å². The molecule has 1 aliphatic carbocycles. The first-order chi connectivity index (χ1) is 9.16. The first kappa shape index (κ1) is 15.5. The fraction of sp³-hybridized carbons (Fsp3) is 0.385. The lowest BCUT2D eigenvalue weighted by molar-refractivity contribution is 0.364. The summed E-state index contributed by atoms with van der Waals surface area (Å²) in [6.07, 6.45) is 7.64. The standard InChI is InChI=1S/C13H14IN3O2.ClH/c14-10-5-3-9(18-10)4-6-11-16-12(17-19-11)13(15)7-1-2-8-13;/h3-6H,1-2,7-8,15H2;1H/b6-4+;. The van der Waals surface area contributed by atoms with E-state index in [1.807, 2.05) is 12.1 Å². The number of aromatic nitrogens is 2. The lowest BCUT2D eigenvalue weighted by Gasteiger charge is -2.17. The van der Waals surface area contributed by atoms with E-state index in [4.69, 9.17) is 14.7 Å². The highest BCUT2D eigenvalue weighted by atomic mass is 127. The molecule has 0 radical (unpaired) electrons. The molecule has 0 bridgehead atoms. The Kier molecular flexibility index (Phi) is 4.87. The van der Waals surface area contributed by atoms with Crippen molar-refractivity contribution in [1.29, 1.82) is 0 Å². The van der Waals surface area contributed by atoms with Crippen LogP contribution in [0.5, 0.6) is 0 Å². The van der Waals surface area contributed by atoms with Crippen LogP contribution in [-0.2, 0) is 5.54 Å². The number of rotatable bonds is 3. The van der Waals surface area contributed by atoms with Gasteiger partial charge in [-0.1, -0.05) is 18.0 Å². The van der Waals surface area contributed by atoms with Crippen molar-refractivity contribution in [1.82, 2.24) is 10.1 Å². The first-order valence-electron chi connectivity index (χ1n) is 6.22. The van der Waals surface area contributed by atoms with Crippen molar-refractivity contribution in [2.45, 2.75) is 31.2 Å². The van der Waals surface area contributed by atoms with Gasteiger partial charge in [-0.05, 0) is 53.6 Å². The minimum absolute atomic E-state index is 0. The molecule has 0 unspecified atom stereocenters. The van der Waals surface area contributed by atoms with E-state index >= 15 is 0 Å². The van der Waals surface area contributed by atoms with E-state index in [9.17, 15) is 0 Å². The van der Waals surface area contributed by atoms with Crippen molar-refractivity contribution in [2.24, 2.45) is 5.73 Å². The fourth-order valence-electron chi connectivity index (χ4n) is 2.31. The molecular weight excluding hydrogens is 393 g/mol.